The van der Waals surface area contributed by atoms with Crippen LogP contribution in [-0.2, 0) is 6.54 Å². The van der Waals surface area contributed by atoms with E-state index in [0.717, 1.165) is 16.5 Å². The van der Waals surface area contributed by atoms with E-state index in [1.807, 2.05) is 54.7 Å². The number of hydrogen-bond acceptors (Lipinski definition) is 3. The lowest BCUT2D eigenvalue weighted by molar-refractivity contribution is 0.744. The fourth-order valence-electron chi connectivity index (χ4n) is 2.59. The van der Waals surface area contributed by atoms with Crippen LogP contribution in [0.2, 0.25) is 0 Å². The van der Waals surface area contributed by atoms with Gasteiger partial charge in [-0.05, 0) is 24.3 Å². The summed E-state index contributed by atoms with van der Waals surface area (Å²) in [6.45, 7) is 0.635. The first-order valence-electron chi connectivity index (χ1n) is 7.31. The SMILES string of the molecule is N#CCCn1cc(C=C(C#N)c2ccccn2)c2ccccc21. The fourth-order valence-corrected chi connectivity index (χ4v) is 2.59. The highest BCUT2D eigenvalue weighted by molar-refractivity contribution is 5.97. The summed E-state index contributed by atoms with van der Waals surface area (Å²) in [5, 5.41) is 19.3. The van der Waals surface area contributed by atoms with E-state index in [4.69, 9.17) is 5.26 Å². The molecule has 0 unspecified atom stereocenters. The van der Waals surface area contributed by atoms with Crippen molar-refractivity contribution in [2.45, 2.75) is 13.0 Å². The van der Waals surface area contributed by atoms with Gasteiger partial charge in [0.25, 0.3) is 0 Å². The van der Waals surface area contributed by atoms with E-state index in [2.05, 4.69) is 21.7 Å². The number of nitriles is 2. The number of aromatic nitrogens is 2. The monoisotopic (exact) mass is 298 g/mol. The summed E-state index contributed by atoms with van der Waals surface area (Å²) in [4.78, 5) is 4.24. The summed E-state index contributed by atoms with van der Waals surface area (Å²) in [5.41, 5.74) is 3.20. The molecule has 0 radical (unpaired) electrons. The maximum absolute atomic E-state index is 9.45. The molecular formula is C19H14N4. The van der Waals surface area contributed by atoms with Crippen LogP contribution >= 0.6 is 0 Å². The van der Waals surface area contributed by atoms with Gasteiger partial charge in [-0.1, -0.05) is 24.3 Å². The zero-order chi connectivity index (χ0) is 16.1. The Balaban J connectivity index is 2.11. The molecule has 2 heterocycles. The lowest BCUT2D eigenvalue weighted by Crippen LogP contribution is -1.94. The van der Waals surface area contributed by atoms with Crippen LogP contribution < -0.4 is 0 Å². The molecule has 0 fully saturated rings. The highest BCUT2D eigenvalue weighted by Gasteiger charge is 2.08. The van der Waals surface area contributed by atoms with E-state index in [-0.39, 0.29) is 0 Å². The summed E-state index contributed by atoms with van der Waals surface area (Å²) >= 11 is 0. The Bertz CT molecular complexity index is 937. The summed E-state index contributed by atoms with van der Waals surface area (Å²) < 4.78 is 2.05. The lowest BCUT2D eigenvalue weighted by atomic mass is 10.1. The van der Waals surface area contributed by atoms with Gasteiger partial charge >= 0.3 is 0 Å². The van der Waals surface area contributed by atoms with Crippen LogP contribution in [0.5, 0.6) is 0 Å². The van der Waals surface area contributed by atoms with Gasteiger partial charge in [0.2, 0.25) is 0 Å². The molecule has 0 amide bonds. The van der Waals surface area contributed by atoms with E-state index in [0.29, 0.717) is 24.2 Å². The summed E-state index contributed by atoms with van der Waals surface area (Å²) in [5.74, 6) is 0. The number of benzene rings is 1. The Kier molecular flexibility index (Phi) is 4.18. The number of nitrogens with zero attached hydrogens (tertiary/aromatic N) is 4. The third-order valence-electron chi connectivity index (χ3n) is 3.65. The normalized spacial score (nSPS) is 11.1. The Morgan fingerprint density at radius 3 is 2.70 bits per heavy atom. The van der Waals surface area contributed by atoms with Crippen LogP contribution in [0.1, 0.15) is 17.7 Å². The molecule has 0 bridgehead atoms. The number of rotatable bonds is 4. The topological polar surface area (TPSA) is 65.4 Å². The van der Waals surface area contributed by atoms with Gasteiger partial charge in [0.1, 0.15) is 6.07 Å². The van der Waals surface area contributed by atoms with Gasteiger partial charge in [-0.15, -0.1) is 0 Å². The van der Waals surface area contributed by atoms with E-state index in [9.17, 15) is 5.26 Å². The van der Waals surface area contributed by atoms with Crippen LogP contribution in [0.25, 0.3) is 22.6 Å². The Morgan fingerprint density at radius 1 is 1.13 bits per heavy atom. The van der Waals surface area contributed by atoms with Crippen molar-refractivity contribution < 1.29 is 0 Å². The van der Waals surface area contributed by atoms with Crippen molar-refractivity contribution in [2.24, 2.45) is 0 Å². The fraction of sp³-hybridized carbons (Fsp3) is 0.105. The molecule has 110 valence electrons. The third kappa shape index (κ3) is 2.97. The van der Waals surface area contributed by atoms with E-state index in [1.165, 1.54) is 0 Å². The lowest BCUT2D eigenvalue weighted by Gasteiger charge is -2.00. The summed E-state index contributed by atoms with van der Waals surface area (Å²) in [7, 11) is 0. The largest absolute Gasteiger partial charge is 0.346 e. The first kappa shape index (κ1) is 14.6. The van der Waals surface area contributed by atoms with Crippen molar-refractivity contribution in [3.63, 3.8) is 0 Å². The number of pyridine rings is 1. The molecule has 4 nitrogen and oxygen atoms in total. The second-order valence-corrected chi connectivity index (χ2v) is 5.09. The average molecular weight is 298 g/mol. The summed E-state index contributed by atoms with van der Waals surface area (Å²) in [6.07, 6.45) is 5.97. The molecule has 0 atom stereocenters. The predicted molar refractivity (Wildman–Crippen MR) is 89.9 cm³/mol. The molecule has 4 heteroatoms. The van der Waals surface area contributed by atoms with Crippen molar-refractivity contribution in [1.82, 2.24) is 9.55 Å². The zero-order valence-corrected chi connectivity index (χ0v) is 12.5. The van der Waals surface area contributed by atoms with Gasteiger partial charge < -0.3 is 4.57 Å². The first-order valence-corrected chi connectivity index (χ1v) is 7.31. The molecule has 23 heavy (non-hydrogen) atoms. The highest BCUT2D eigenvalue weighted by atomic mass is 15.0. The van der Waals surface area contributed by atoms with Crippen LogP contribution in [0.4, 0.5) is 0 Å². The van der Waals surface area contributed by atoms with E-state index in [1.54, 1.807) is 6.20 Å². The smallest absolute Gasteiger partial charge is 0.101 e. The Hall–Kier alpha value is -3.37. The number of para-hydroxylation sites is 1. The molecule has 3 rings (SSSR count). The third-order valence-corrected chi connectivity index (χ3v) is 3.65. The maximum atomic E-state index is 9.45. The van der Waals surface area contributed by atoms with Crippen molar-refractivity contribution in [1.29, 1.82) is 10.5 Å². The van der Waals surface area contributed by atoms with Crippen LogP contribution in [-0.4, -0.2) is 9.55 Å². The quantitative estimate of drug-likeness (QED) is 0.683. The Morgan fingerprint density at radius 2 is 1.96 bits per heavy atom. The molecular weight excluding hydrogens is 284 g/mol. The maximum Gasteiger partial charge on any atom is 0.101 e. The molecule has 0 N–H and O–H groups in total. The minimum absolute atomic E-state index is 0.452. The Labute approximate surface area is 134 Å². The van der Waals surface area contributed by atoms with Crippen molar-refractivity contribution in [3.05, 3.63) is 66.1 Å². The second-order valence-electron chi connectivity index (χ2n) is 5.09. The minimum atomic E-state index is 0.452. The van der Waals surface area contributed by atoms with Gasteiger partial charge in [-0.25, -0.2) is 0 Å². The van der Waals surface area contributed by atoms with Crippen molar-refractivity contribution >= 4 is 22.6 Å². The molecule has 0 spiro atoms. The van der Waals surface area contributed by atoms with Gasteiger partial charge in [0.05, 0.1) is 23.8 Å². The second kappa shape index (κ2) is 6.60. The van der Waals surface area contributed by atoms with Gasteiger partial charge in [0.15, 0.2) is 0 Å². The number of aryl methyl sites for hydroxylation is 1. The molecule has 1 aromatic carbocycles. The molecule has 3 aromatic rings. The van der Waals surface area contributed by atoms with Crippen LogP contribution in [0.3, 0.4) is 0 Å². The molecule has 0 aliphatic carbocycles. The molecule has 0 aliphatic rings. The highest BCUT2D eigenvalue weighted by Crippen LogP contribution is 2.25. The van der Waals surface area contributed by atoms with Crippen molar-refractivity contribution in [3.8, 4) is 12.1 Å². The first-order chi connectivity index (χ1) is 11.3. The van der Waals surface area contributed by atoms with Crippen molar-refractivity contribution in [2.75, 3.05) is 0 Å². The van der Waals surface area contributed by atoms with Crippen LogP contribution in [0, 0.1) is 22.7 Å². The summed E-state index contributed by atoms with van der Waals surface area (Å²) in [6, 6.07) is 17.9. The molecule has 0 saturated heterocycles. The molecule has 2 aromatic heterocycles. The zero-order valence-electron chi connectivity index (χ0n) is 12.5. The number of allylic oxidation sites excluding steroid dienone is 1. The van der Waals surface area contributed by atoms with Gasteiger partial charge in [-0.2, -0.15) is 10.5 Å². The van der Waals surface area contributed by atoms with Gasteiger partial charge in [0, 0.05) is 35.4 Å². The number of fused-ring (bicyclic) bond motifs is 1. The molecule has 0 aliphatic heterocycles. The molecule has 0 saturated carbocycles. The standard InChI is InChI=1S/C19H14N4/c20-9-5-11-23-14-16(17-6-1-2-8-19(17)23)12-15(13-21)18-7-3-4-10-22-18/h1-4,6-8,10,12,14H,5,11H2. The average Bonchev–Trinajstić information content (AvgIpc) is 2.96. The predicted octanol–water partition coefficient (Wildman–Crippen LogP) is 4.01. The van der Waals surface area contributed by atoms with Gasteiger partial charge in [-0.3, -0.25) is 4.98 Å². The number of hydrogen-bond donors (Lipinski definition) is 0. The van der Waals surface area contributed by atoms with E-state index >= 15 is 0 Å². The van der Waals surface area contributed by atoms with E-state index < -0.39 is 0 Å². The minimum Gasteiger partial charge on any atom is -0.346 e. The van der Waals surface area contributed by atoms with Crippen LogP contribution in [0.15, 0.2) is 54.9 Å².